The zero-order valence-corrected chi connectivity index (χ0v) is 15.0. The second-order valence-electron chi connectivity index (χ2n) is 4.77. The fraction of sp³-hybridized carbons (Fsp3) is 0.417. The van der Waals surface area contributed by atoms with Gasteiger partial charge < -0.3 is 11.1 Å². The fourth-order valence-electron chi connectivity index (χ4n) is 1.80. The lowest BCUT2D eigenvalue weighted by atomic mass is 10.3. The average Bonchev–Trinajstić information content (AvgIpc) is 3.16. The fourth-order valence-corrected chi connectivity index (χ4v) is 4.89. The highest BCUT2D eigenvalue weighted by atomic mass is 79.9. The summed E-state index contributed by atoms with van der Waals surface area (Å²) >= 11 is 6.43. The zero-order valence-electron chi connectivity index (χ0n) is 11.0. The molecule has 116 valence electrons. The Kier molecular flexibility index (Phi) is 5.29. The molecule has 0 atom stereocenters. The van der Waals surface area contributed by atoms with E-state index in [2.05, 4.69) is 41.9 Å². The molecule has 1 aromatic carbocycles. The molecule has 0 saturated heterocycles. The lowest BCUT2D eigenvalue weighted by Crippen LogP contribution is -2.35. The topological polar surface area (TPSA) is 101 Å². The van der Waals surface area contributed by atoms with Crippen LogP contribution in [0.15, 0.2) is 26.0 Å². The van der Waals surface area contributed by atoms with E-state index in [0.717, 1.165) is 12.8 Å². The Hall–Kier alpha value is -0.640. The molecule has 0 radical (unpaired) electrons. The van der Waals surface area contributed by atoms with Crippen molar-refractivity contribution in [2.75, 3.05) is 18.8 Å². The molecule has 0 unspecified atom stereocenters. The van der Waals surface area contributed by atoms with E-state index in [0.29, 0.717) is 8.95 Å². The second-order valence-corrected chi connectivity index (χ2v) is 8.24. The van der Waals surface area contributed by atoms with Crippen molar-refractivity contribution in [1.82, 2.24) is 10.0 Å². The minimum Gasteiger partial charge on any atom is -0.398 e. The van der Waals surface area contributed by atoms with E-state index >= 15 is 0 Å². The van der Waals surface area contributed by atoms with Crippen molar-refractivity contribution in [3.8, 4) is 0 Å². The second kappa shape index (κ2) is 6.64. The molecule has 0 bridgehead atoms. The molecule has 2 rings (SSSR count). The van der Waals surface area contributed by atoms with Gasteiger partial charge in [-0.2, -0.15) is 0 Å². The van der Waals surface area contributed by atoms with Crippen LogP contribution in [0.1, 0.15) is 12.8 Å². The Morgan fingerprint density at radius 1 is 1.29 bits per heavy atom. The predicted octanol–water partition coefficient (Wildman–Crippen LogP) is 1.60. The van der Waals surface area contributed by atoms with Crippen LogP contribution in [0.25, 0.3) is 0 Å². The third kappa shape index (κ3) is 4.41. The van der Waals surface area contributed by atoms with Gasteiger partial charge in [0.25, 0.3) is 0 Å². The number of benzene rings is 1. The number of amides is 1. The summed E-state index contributed by atoms with van der Waals surface area (Å²) in [5.74, 6) is 0.0939. The molecule has 6 nitrogen and oxygen atoms in total. The molecule has 1 aromatic rings. The van der Waals surface area contributed by atoms with Crippen molar-refractivity contribution in [1.29, 1.82) is 0 Å². The molecular weight excluding hydrogens is 426 g/mol. The number of hydrogen-bond acceptors (Lipinski definition) is 4. The summed E-state index contributed by atoms with van der Waals surface area (Å²) in [6, 6.07) is 3.13. The number of halogens is 2. The van der Waals surface area contributed by atoms with Gasteiger partial charge in [0.2, 0.25) is 15.9 Å². The molecule has 1 saturated carbocycles. The van der Waals surface area contributed by atoms with Crippen molar-refractivity contribution >= 4 is 53.5 Å². The van der Waals surface area contributed by atoms with Gasteiger partial charge >= 0.3 is 0 Å². The third-order valence-corrected chi connectivity index (χ3v) is 5.89. The Balaban J connectivity index is 1.96. The number of carbonyl (C=O) groups excluding carboxylic acids is 1. The van der Waals surface area contributed by atoms with E-state index in [4.69, 9.17) is 5.73 Å². The van der Waals surface area contributed by atoms with Crippen molar-refractivity contribution in [3.63, 3.8) is 0 Å². The van der Waals surface area contributed by atoms with Crippen LogP contribution >= 0.6 is 31.9 Å². The van der Waals surface area contributed by atoms with E-state index in [9.17, 15) is 13.2 Å². The summed E-state index contributed by atoms with van der Waals surface area (Å²) in [7, 11) is -3.73. The minimum atomic E-state index is -3.73. The quantitative estimate of drug-likeness (QED) is 0.461. The largest absolute Gasteiger partial charge is 0.398 e. The molecule has 0 heterocycles. The Labute approximate surface area is 140 Å². The summed E-state index contributed by atoms with van der Waals surface area (Å²) in [6.07, 6.45) is 1.83. The highest BCUT2D eigenvalue weighted by Crippen LogP contribution is 2.31. The number of nitrogens with two attached hydrogens (primary N) is 1. The number of carbonyl (C=O) groups is 1. The first-order chi connectivity index (χ1) is 9.81. The van der Waals surface area contributed by atoms with Gasteiger partial charge in [-0.05, 0) is 40.9 Å². The van der Waals surface area contributed by atoms with Gasteiger partial charge in [-0.3, -0.25) is 4.79 Å². The lowest BCUT2D eigenvalue weighted by Gasteiger charge is -2.12. The van der Waals surface area contributed by atoms with Crippen LogP contribution in [0, 0.1) is 5.92 Å². The molecule has 1 aliphatic carbocycles. The monoisotopic (exact) mass is 439 g/mol. The minimum absolute atomic E-state index is 0.000723. The Bertz CT molecular complexity index is 637. The Morgan fingerprint density at radius 2 is 1.95 bits per heavy atom. The molecule has 0 aromatic heterocycles. The molecule has 1 fully saturated rings. The molecule has 0 aliphatic heterocycles. The molecule has 9 heteroatoms. The van der Waals surface area contributed by atoms with Crippen LogP contribution in [-0.2, 0) is 14.8 Å². The maximum absolute atomic E-state index is 12.2. The van der Waals surface area contributed by atoms with Crippen LogP contribution in [0.5, 0.6) is 0 Å². The number of nitrogens with one attached hydrogen (secondary N) is 2. The molecule has 21 heavy (non-hydrogen) atoms. The molecule has 1 amide bonds. The number of hydrogen-bond donors (Lipinski definition) is 3. The van der Waals surface area contributed by atoms with Gasteiger partial charge in [-0.1, -0.05) is 15.9 Å². The maximum Gasteiger partial charge on any atom is 0.243 e. The summed E-state index contributed by atoms with van der Waals surface area (Å²) in [4.78, 5) is 11.4. The normalized spacial score (nSPS) is 15.0. The first-order valence-electron chi connectivity index (χ1n) is 6.33. The van der Waals surface area contributed by atoms with Crippen LogP contribution in [0.3, 0.4) is 0 Å². The number of nitrogen functional groups attached to an aromatic ring is 1. The van der Waals surface area contributed by atoms with Crippen LogP contribution in [-0.4, -0.2) is 27.4 Å². The average molecular weight is 441 g/mol. The van der Waals surface area contributed by atoms with Gasteiger partial charge in [-0.25, -0.2) is 13.1 Å². The number of anilines is 1. The van der Waals surface area contributed by atoms with Crippen LogP contribution in [0.4, 0.5) is 5.69 Å². The van der Waals surface area contributed by atoms with Crippen molar-refractivity contribution in [2.24, 2.45) is 5.92 Å². The highest BCUT2D eigenvalue weighted by Gasteiger charge is 2.29. The van der Waals surface area contributed by atoms with Gasteiger partial charge in [-0.15, -0.1) is 0 Å². The van der Waals surface area contributed by atoms with Crippen molar-refractivity contribution in [2.45, 2.75) is 17.7 Å². The SMILES string of the molecule is Nc1cc(Br)cc(Br)c1S(=O)(=O)NCCNC(=O)C1CC1. The van der Waals surface area contributed by atoms with Gasteiger partial charge in [0, 0.05) is 28.0 Å². The van der Waals surface area contributed by atoms with Crippen LogP contribution in [0.2, 0.25) is 0 Å². The van der Waals surface area contributed by atoms with E-state index in [1.165, 1.54) is 6.07 Å². The smallest absolute Gasteiger partial charge is 0.243 e. The van der Waals surface area contributed by atoms with E-state index < -0.39 is 10.0 Å². The van der Waals surface area contributed by atoms with Gasteiger partial charge in [0.15, 0.2) is 0 Å². The van der Waals surface area contributed by atoms with E-state index in [1.807, 2.05) is 0 Å². The molecule has 4 N–H and O–H groups in total. The van der Waals surface area contributed by atoms with Gasteiger partial charge in [0.1, 0.15) is 4.90 Å². The molecule has 1 aliphatic rings. The number of sulfonamides is 1. The predicted molar refractivity (Wildman–Crippen MR) is 87.2 cm³/mol. The highest BCUT2D eigenvalue weighted by molar-refractivity contribution is 9.11. The standard InChI is InChI=1S/C12H15Br2N3O3S/c13-8-5-9(14)11(10(15)6-8)21(19,20)17-4-3-16-12(18)7-1-2-7/h5-7,17H,1-4,15H2,(H,16,18). The van der Waals surface area contributed by atoms with Crippen molar-refractivity contribution < 1.29 is 13.2 Å². The van der Waals surface area contributed by atoms with Crippen molar-refractivity contribution in [3.05, 3.63) is 21.1 Å². The Morgan fingerprint density at radius 3 is 2.52 bits per heavy atom. The summed E-state index contributed by atoms with van der Waals surface area (Å²) in [5.41, 5.74) is 5.90. The zero-order chi connectivity index (χ0) is 15.6. The van der Waals surface area contributed by atoms with E-state index in [-0.39, 0.29) is 35.5 Å². The lowest BCUT2D eigenvalue weighted by molar-refractivity contribution is -0.122. The maximum atomic E-state index is 12.2. The first kappa shape index (κ1) is 16.7. The molecule has 0 spiro atoms. The summed E-state index contributed by atoms with van der Waals surface area (Å²) in [6.45, 7) is 0.366. The van der Waals surface area contributed by atoms with Gasteiger partial charge in [0.05, 0.1) is 5.69 Å². The van der Waals surface area contributed by atoms with E-state index in [1.54, 1.807) is 6.07 Å². The third-order valence-electron chi connectivity index (χ3n) is 2.97. The number of rotatable bonds is 6. The molecular formula is C12H15Br2N3O3S. The van der Waals surface area contributed by atoms with Crippen LogP contribution < -0.4 is 15.8 Å². The summed E-state index contributed by atoms with van der Waals surface area (Å²) < 4.78 is 27.9. The first-order valence-corrected chi connectivity index (χ1v) is 9.40. The summed E-state index contributed by atoms with van der Waals surface area (Å²) in [5, 5.41) is 2.69.